The SMILES string of the molecule is C[NH+](CC(=O)Nc1ccccc1Cl)CC1CCCCC1. The molecule has 0 bridgehead atoms. The Balaban J connectivity index is 1.77. The van der Waals surface area contributed by atoms with Gasteiger partial charge in [0.1, 0.15) is 0 Å². The topological polar surface area (TPSA) is 33.5 Å². The summed E-state index contributed by atoms with van der Waals surface area (Å²) in [5.74, 6) is 0.822. The summed E-state index contributed by atoms with van der Waals surface area (Å²) in [4.78, 5) is 13.3. The minimum atomic E-state index is 0.0337. The van der Waals surface area contributed by atoms with Crippen LogP contribution in [0.15, 0.2) is 24.3 Å². The highest BCUT2D eigenvalue weighted by molar-refractivity contribution is 6.33. The predicted octanol–water partition coefficient (Wildman–Crippen LogP) is 2.37. The molecular formula is C16H24ClN2O+. The Morgan fingerprint density at radius 1 is 1.30 bits per heavy atom. The number of halogens is 1. The van der Waals surface area contributed by atoms with E-state index in [0.29, 0.717) is 17.3 Å². The smallest absolute Gasteiger partial charge is 0.279 e. The zero-order valence-electron chi connectivity index (χ0n) is 12.1. The van der Waals surface area contributed by atoms with Crippen LogP contribution in [0.3, 0.4) is 0 Å². The summed E-state index contributed by atoms with van der Waals surface area (Å²) >= 11 is 6.04. The largest absolute Gasteiger partial charge is 0.329 e. The summed E-state index contributed by atoms with van der Waals surface area (Å²) in [7, 11) is 2.10. The molecule has 1 atom stereocenters. The van der Waals surface area contributed by atoms with Crippen LogP contribution in [0.25, 0.3) is 0 Å². The summed E-state index contributed by atoms with van der Waals surface area (Å²) in [5.41, 5.74) is 0.699. The fraction of sp³-hybridized carbons (Fsp3) is 0.562. The summed E-state index contributed by atoms with van der Waals surface area (Å²) in [5, 5.41) is 3.48. The van der Waals surface area contributed by atoms with Gasteiger partial charge in [0.25, 0.3) is 5.91 Å². The first-order valence-electron chi connectivity index (χ1n) is 7.51. The molecule has 0 heterocycles. The van der Waals surface area contributed by atoms with Crippen LogP contribution in [0, 0.1) is 5.92 Å². The highest BCUT2D eigenvalue weighted by Gasteiger charge is 2.19. The lowest BCUT2D eigenvalue weighted by atomic mass is 9.89. The van der Waals surface area contributed by atoms with Crippen molar-refractivity contribution in [2.45, 2.75) is 32.1 Å². The van der Waals surface area contributed by atoms with Gasteiger partial charge >= 0.3 is 0 Å². The normalized spacial score (nSPS) is 17.7. The average molecular weight is 296 g/mol. The zero-order chi connectivity index (χ0) is 14.4. The first kappa shape index (κ1) is 15.3. The maximum absolute atomic E-state index is 12.0. The van der Waals surface area contributed by atoms with Crippen molar-refractivity contribution in [3.63, 3.8) is 0 Å². The molecule has 110 valence electrons. The third-order valence-electron chi connectivity index (χ3n) is 3.97. The quantitative estimate of drug-likeness (QED) is 0.859. The van der Waals surface area contributed by atoms with Crippen LogP contribution in [0.4, 0.5) is 5.69 Å². The molecule has 1 amide bonds. The van der Waals surface area contributed by atoms with Gasteiger partial charge in [0.15, 0.2) is 6.54 Å². The second kappa shape index (κ2) is 7.65. The number of quaternary nitrogens is 1. The summed E-state index contributed by atoms with van der Waals surface area (Å²) < 4.78 is 0. The lowest BCUT2D eigenvalue weighted by Crippen LogP contribution is -3.10. The van der Waals surface area contributed by atoms with E-state index in [2.05, 4.69) is 12.4 Å². The third kappa shape index (κ3) is 4.80. The number of carbonyl (C=O) groups excluding carboxylic acids is 1. The Hall–Kier alpha value is -1.06. The summed E-state index contributed by atoms with van der Waals surface area (Å²) in [6, 6.07) is 7.35. The van der Waals surface area contributed by atoms with Crippen molar-refractivity contribution in [3.8, 4) is 0 Å². The standard InChI is InChI=1S/C16H23ClN2O/c1-19(11-13-7-3-2-4-8-13)12-16(20)18-15-10-6-5-9-14(15)17/h5-6,9-10,13H,2-4,7-8,11-12H2,1H3,(H,18,20)/p+1. The Labute approximate surface area is 126 Å². The number of benzene rings is 1. The molecule has 1 fully saturated rings. The first-order chi connectivity index (χ1) is 9.65. The Morgan fingerprint density at radius 2 is 2.00 bits per heavy atom. The fourth-order valence-electron chi connectivity index (χ4n) is 2.99. The van der Waals surface area contributed by atoms with Crippen molar-refractivity contribution < 1.29 is 9.69 Å². The van der Waals surface area contributed by atoms with Gasteiger partial charge in [0.05, 0.1) is 24.3 Å². The molecule has 0 spiro atoms. The number of hydrogen-bond donors (Lipinski definition) is 2. The van der Waals surface area contributed by atoms with E-state index in [9.17, 15) is 4.79 Å². The maximum Gasteiger partial charge on any atom is 0.279 e. The number of anilines is 1. The van der Waals surface area contributed by atoms with E-state index in [0.717, 1.165) is 12.5 Å². The van der Waals surface area contributed by atoms with E-state index in [1.165, 1.54) is 37.0 Å². The molecule has 1 aromatic rings. The number of nitrogens with one attached hydrogen (secondary N) is 2. The molecule has 1 aliphatic rings. The van der Waals surface area contributed by atoms with Crippen molar-refractivity contribution in [1.29, 1.82) is 0 Å². The van der Waals surface area contributed by atoms with Gasteiger partial charge in [-0.05, 0) is 25.0 Å². The van der Waals surface area contributed by atoms with Gasteiger partial charge in [0.2, 0.25) is 0 Å². The highest BCUT2D eigenvalue weighted by atomic mass is 35.5. The maximum atomic E-state index is 12.0. The molecule has 2 rings (SSSR count). The number of carbonyl (C=O) groups is 1. The van der Waals surface area contributed by atoms with Gasteiger partial charge in [-0.1, -0.05) is 43.0 Å². The Morgan fingerprint density at radius 3 is 2.70 bits per heavy atom. The van der Waals surface area contributed by atoms with E-state index < -0.39 is 0 Å². The van der Waals surface area contributed by atoms with Crippen LogP contribution < -0.4 is 10.2 Å². The fourth-order valence-corrected chi connectivity index (χ4v) is 3.17. The van der Waals surface area contributed by atoms with Gasteiger partial charge in [-0.3, -0.25) is 4.79 Å². The number of hydrogen-bond acceptors (Lipinski definition) is 1. The molecule has 1 aliphatic carbocycles. The molecular weight excluding hydrogens is 272 g/mol. The second-order valence-electron chi connectivity index (χ2n) is 5.87. The van der Waals surface area contributed by atoms with Gasteiger partial charge in [-0.25, -0.2) is 0 Å². The van der Waals surface area contributed by atoms with E-state index in [4.69, 9.17) is 11.6 Å². The Kier molecular flexibility index (Phi) is 5.86. The highest BCUT2D eigenvalue weighted by Crippen LogP contribution is 2.22. The average Bonchev–Trinajstić information content (AvgIpc) is 2.42. The minimum absolute atomic E-state index is 0.0337. The molecule has 20 heavy (non-hydrogen) atoms. The molecule has 1 saturated carbocycles. The van der Waals surface area contributed by atoms with Gasteiger partial charge in [-0.15, -0.1) is 0 Å². The van der Waals surface area contributed by atoms with Crippen LogP contribution in [0.1, 0.15) is 32.1 Å². The minimum Gasteiger partial charge on any atom is -0.329 e. The van der Waals surface area contributed by atoms with Crippen molar-refractivity contribution in [2.24, 2.45) is 5.92 Å². The van der Waals surface area contributed by atoms with Gasteiger partial charge in [0, 0.05) is 5.92 Å². The summed E-state index contributed by atoms with van der Waals surface area (Å²) in [6.07, 6.45) is 6.73. The van der Waals surface area contributed by atoms with E-state index in [1.54, 1.807) is 6.07 Å². The van der Waals surface area contributed by atoms with Crippen LogP contribution in [0.5, 0.6) is 0 Å². The van der Waals surface area contributed by atoms with E-state index in [1.807, 2.05) is 18.2 Å². The van der Waals surface area contributed by atoms with Crippen molar-refractivity contribution in [3.05, 3.63) is 29.3 Å². The number of para-hydroxylation sites is 1. The molecule has 0 aromatic heterocycles. The summed E-state index contributed by atoms with van der Waals surface area (Å²) in [6.45, 7) is 1.59. The van der Waals surface area contributed by atoms with Crippen molar-refractivity contribution in [1.82, 2.24) is 0 Å². The molecule has 3 nitrogen and oxygen atoms in total. The van der Waals surface area contributed by atoms with Gasteiger partial charge < -0.3 is 10.2 Å². The number of amides is 1. The molecule has 1 unspecified atom stereocenters. The predicted molar refractivity (Wildman–Crippen MR) is 83.3 cm³/mol. The zero-order valence-corrected chi connectivity index (χ0v) is 12.9. The molecule has 0 aliphatic heterocycles. The molecule has 0 saturated heterocycles. The van der Waals surface area contributed by atoms with Crippen LogP contribution in [0.2, 0.25) is 5.02 Å². The van der Waals surface area contributed by atoms with Crippen LogP contribution in [-0.2, 0) is 4.79 Å². The van der Waals surface area contributed by atoms with E-state index in [-0.39, 0.29) is 5.91 Å². The van der Waals surface area contributed by atoms with Crippen LogP contribution in [-0.4, -0.2) is 26.0 Å². The van der Waals surface area contributed by atoms with Crippen molar-refractivity contribution in [2.75, 3.05) is 25.5 Å². The van der Waals surface area contributed by atoms with E-state index >= 15 is 0 Å². The molecule has 1 aromatic carbocycles. The van der Waals surface area contributed by atoms with Crippen molar-refractivity contribution >= 4 is 23.2 Å². The molecule has 0 radical (unpaired) electrons. The first-order valence-corrected chi connectivity index (χ1v) is 7.88. The Bertz CT molecular complexity index is 444. The molecule has 2 N–H and O–H groups in total. The van der Waals surface area contributed by atoms with Crippen LogP contribution >= 0.6 is 11.6 Å². The third-order valence-corrected chi connectivity index (χ3v) is 4.30. The number of likely N-dealkylation sites (N-methyl/N-ethyl adjacent to an activating group) is 1. The lowest BCUT2D eigenvalue weighted by molar-refractivity contribution is -0.874. The monoisotopic (exact) mass is 295 g/mol. The van der Waals surface area contributed by atoms with Gasteiger partial charge in [-0.2, -0.15) is 0 Å². The second-order valence-corrected chi connectivity index (χ2v) is 6.28. The molecule has 4 heteroatoms. The lowest BCUT2D eigenvalue weighted by Gasteiger charge is -2.24. The number of rotatable bonds is 5.